The predicted octanol–water partition coefficient (Wildman–Crippen LogP) is 2.26. The topological polar surface area (TPSA) is 103 Å². The summed E-state index contributed by atoms with van der Waals surface area (Å²) in [6.07, 6.45) is 2.65. The Morgan fingerprint density at radius 3 is 2.60 bits per heavy atom. The maximum Gasteiger partial charge on any atom is 0.341 e. The Bertz CT molecular complexity index is 1050. The minimum atomic E-state index is -1.28. The average Bonchev–Trinajstić information content (AvgIpc) is 2.61. The van der Waals surface area contributed by atoms with Crippen molar-refractivity contribution in [1.29, 1.82) is 0 Å². The Balaban J connectivity index is 2.19. The number of hydrogen-bond donors (Lipinski definition) is 2. The van der Waals surface area contributed by atoms with Crippen molar-refractivity contribution in [3.8, 4) is 0 Å². The number of amides is 1. The molecule has 0 atom stereocenters. The monoisotopic (exact) mass is 339 g/mol. The number of aromatic amines is 1. The second kappa shape index (κ2) is 6.35. The zero-order valence-corrected chi connectivity index (χ0v) is 13.9. The van der Waals surface area contributed by atoms with E-state index < -0.39 is 11.4 Å². The molecule has 1 aromatic carbocycles. The number of nitrogens with one attached hydrogen (secondary N) is 1. The molecule has 25 heavy (non-hydrogen) atoms. The molecule has 0 saturated carbocycles. The van der Waals surface area contributed by atoms with Crippen molar-refractivity contribution < 1.29 is 14.7 Å². The number of pyridine rings is 2. The summed E-state index contributed by atoms with van der Waals surface area (Å²) >= 11 is 0. The van der Waals surface area contributed by atoms with Gasteiger partial charge in [-0.25, -0.2) is 4.79 Å². The van der Waals surface area contributed by atoms with Crippen LogP contribution in [0.2, 0.25) is 0 Å². The lowest BCUT2D eigenvalue weighted by Crippen LogP contribution is -2.30. The highest BCUT2D eigenvalue weighted by molar-refractivity contribution is 6.06. The van der Waals surface area contributed by atoms with E-state index in [4.69, 9.17) is 5.11 Å². The van der Waals surface area contributed by atoms with Crippen LogP contribution in [-0.2, 0) is 0 Å². The van der Waals surface area contributed by atoms with Crippen LogP contribution in [0.15, 0.2) is 35.4 Å². The quantitative estimate of drug-likeness (QED) is 0.710. The Morgan fingerprint density at radius 1 is 1.24 bits per heavy atom. The van der Waals surface area contributed by atoms with E-state index >= 15 is 0 Å². The van der Waals surface area contributed by atoms with Crippen LogP contribution in [0.5, 0.6) is 0 Å². The summed E-state index contributed by atoms with van der Waals surface area (Å²) in [5.41, 5.74) is 0.561. The average molecular weight is 339 g/mol. The van der Waals surface area contributed by atoms with Crippen LogP contribution in [-0.4, -0.2) is 44.9 Å². The van der Waals surface area contributed by atoms with E-state index in [1.54, 1.807) is 23.1 Å². The van der Waals surface area contributed by atoms with Crippen LogP contribution < -0.4 is 5.43 Å². The molecule has 0 bridgehead atoms. The molecule has 3 aromatic rings. The highest BCUT2D eigenvalue weighted by Gasteiger charge is 2.16. The summed E-state index contributed by atoms with van der Waals surface area (Å²) in [6, 6.07) is 4.95. The van der Waals surface area contributed by atoms with E-state index in [0.29, 0.717) is 35.1 Å². The normalized spacial score (nSPS) is 11.0. The molecule has 0 radical (unpaired) electrons. The van der Waals surface area contributed by atoms with Gasteiger partial charge in [0.1, 0.15) is 5.56 Å². The summed E-state index contributed by atoms with van der Waals surface area (Å²) in [5, 5.41) is 10.0. The molecule has 7 heteroatoms. The van der Waals surface area contributed by atoms with Gasteiger partial charge in [0.25, 0.3) is 5.91 Å². The number of carbonyl (C=O) groups excluding carboxylic acids is 1. The Labute approximate surface area is 142 Å². The Morgan fingerprint density at radius 2 is 1.96 bits per heavy atom. The number of carboxylic acids is 1. The van der Waals surface area contributed by atoms with Crippen molar-refractivity contribution in [3.63, 3.8) is 0 Å². The lowest BCUT2D eigenvalue weighted by Gasteiger charge is -2.18. The number of benzene rings is 1. The minimum absolute atomic E-state index is 0.103. The zero-order chi connectivity index (χ0) is 18.1. The fraction of sp³-hybridized carbons (Fsp3) is 0.222. The molecule has 0 unspecified atom stereocenters. The molecule has 0 aliphatic carbocycles. The van der Waals surface area contributed by atoms with Crippen LogP contribution in [0.25, 0.3) is 21.8 Å². The standard InChI is InChI=1S/C18H17N3O4/c1-3-21(4-2)17(23)11-7-10-5-6-12-15(14(10)19-8-11)20-9-13(16(12)22)18(24)25/h5-9H,3-4H2,1-2H3,(H,20,22)(H,24,25). The van der Waals surface area contributed by atoms with Gasteiger partial charge in [0.2, 0.25) is 5.43 Å². The number of aromatic carboxylic acids is 1. The molecule has 0 spiro atoms. The van der Waals surface area contributed by atoms with Crippen LogP contribution >= 0.6 is 0 Å². The lowest BCUT2D eigenvalue weighted by atomic mass is 10.1. The number of H-pyrrole nitrogens is 1. The molecule has 1 amide bonds. The number of nitrogens with zero attached hydrogens (tertiary/aromatic N) is 2. The first-order chi connectivity index (χ1) is 12.0. The van der Waals surface area contributed by atoms with Crippen molar-refractivity contribution in [2.24, 2.45) is 0 Å². The zero-order valence-electron chi connectivity index (χ0n) is 13.9. The number of rotatable bonds is 4. The Hall–Kier alpha value is -3.22. The fourth-order valence-corrected chi connectivity index (χ4v) is 2.86. The van der Waals surface area contributed by atoms with Gasteiger partial charge in [-0.15, -0.1) is 0 Å². The first kappa shape index (κ1) is 16.6. The van der Waals surface area contributed by atoms with E-state index in [9.17, 15) is 14.4 Å². The number of fused-ring (bicyclic) bond motifs is 3. The summed E-state index contributed by atoms with van der Waals surface area (Å²) in [5.74, 6) is -1.38. The lowest BCUT2D eigenvalue weighted by molar-refractivity contribution is 0.0694. The molecule has 0 aliphatic heterocycles. The smallest absolute Gasteiger partial charge is 0.341 e. The molecule has 2 aromatic heterocycles. The van der Waals surface area contributed by atoms with Crippen LogP contribution in [0.4, 0.5) is 0 Å². The van der Waals surface area contributed by atoms with Gasteiger partial charge in [-0.1, -0.05) is 6.07 Å². The summed E-state index contributed by atoms with van der Waals surface area (Å²) < 4.78 is 0. The predicted molar refractivity (Wildman–Crippen MR) is 94.1 cm³/mol. The Kier molecular flexibility index (Phi) is 4.22. The second-order valence-electron chi connectivity index (χ2n) is 5.60. The molecule has 2 N–H and O–H groups in total. The first-order valence-electron chi connectivity index (χ1n) is 7.94. The third-order valence-electron chi connectivity index (χ3n) is 4.23. The van der Waals surface area contributed by atoms with E-state index in [-0.39, 0.29) is 16.9 Å². The van der Waals surface area contributed by atoms with Crippen molar-refractivity contribution in [1.82, 2.24) is 14.9 Å². The second-order valence-corrected chi connectivity index (χ2v) is 5.60. The highest BCUT2D eigenvalue weighted by Crippen LogP contribution is 2.21. The molecular formula is C18H17N3O4. The molecule has 7 nitrogen and oxygen atoms in total. The van der Waals surface area contributed by atoms with Gasteiger partial charge < -0.3 is 15.0 Å². The van der Waals surface area contributed by atoms with Gasteiger partial charge in [0, 0.05) is 36.3 Å². The molecule has 3 rings (SSSR count). The van der Waals surface area contributed by atoms with Crippen molar-refractivity contribution >= 4 is 33.7 Å². The van der Waals surface area contributed by atoms with Crippen LogP contribution in [0.1, 0.15) is 34.6 Å². The third kappa shape index (κ3) is 2.73. The van der Waals surface area contributed by atoms with Crippen molar-refractivity contribution in [2.45, 2.75) is 13.8 Å². The van der Waals surface area contributed by atoms with Gasteiger partial charge in [0.15, 0.2) is 0 Å². The largest absolute Gasteiger partial charge is 0.477 e. The molecule has 0 saturated heterocycles. The number of carboxylic acid groups (broad SMARTS) is 1. The van der Waals surface area contributed by atoms with Gasteiger partial charge in [-0.2, -0.15) is 0 Å². The highest BCUT2D eigenvalue weighted by atomic mass is 16.4. The summed E-state index contributed by atoms with van der Waals surface area (Å²) in [7, 11) is 0. The van der Waals surface area contributed by atoms with E-state index in [1.165, 1.54) is 12.4 Å². The van der Waals surface area contributed by atoms with Crippen LogP contribution in [0.3, 0.4) is 0 Å². The van der Waals surface area contributed by atoms with E-state index in [2.05, 4.69) is 9.97 Å². The molecule has 2 heterocycles. The maximum absolute atomic E-state index is 12.5. The van der Waals surface area contributed by atoms with Gasteiger partial charge in [0.05, 0.1) is 16.6 Å². The molecular weight excluding hydrogens is 322 g/mol. The number of hydrogen-bond acceptors (Lipinski definition) is 4. The summed E-state index contributed by atoms with van der Waals surface area (Å²) in [6.45, 7) is 5.04. The molecule has 128 valence electrons. The fourth-order valence-electron chi connectivity index (χ4n) is 2.86. The third-order valence-corrected chi connectivity index (χ3v) is 4.23. The summed E-state index contributed by atoms with van der Waals surface area (Å²) in [4.78, 5) is 44.7. The number of aromatic nitrogens is 2. The van der Waals surface area contributed by atoms with Crippen molar-refractivity contribution in [2.75, 3.05) is 13.1 Å². The minimum Gasteiger partial charge on any atom is -0.477 e. The SMILES string of the molecule is CCN(CC)C(=O)c1cnc2c(ccc3c(=O)c(C(=O)O)c[nH]c32)c1. The van der Waals surface area contributed by atoms with Gasteiger partial charge in [-0.3, -0.25) is 14.6 Å². The van der Waals surface area contributed by atoms with Crippen molar-refractivity contribution in [3.05, 3.63) is 51.9 Å². The molecule has 0 aliphatic rings. The van der Waals surface area contributed by atoms with Gasteiger partial charge >= 0.3 is 5.97 Å². The van der Waals surface area contributed by atoms with E-state index in [1.807, 2.05) is 13.8 Å². The molecule has 0 fully saturated rings. The van der Waals surface area contributed by atoms with Gasteiger partial charge in [-0.05, 0) is 26.0 Å². The number of carbonyl (C=O) groups is 2. The van der Waals surface area contributed by atoms with Crippen LogP contribution in [0, 0.1) is 0 Å². The van der Waals surface area contributed by atoms with E-state index in [0.717, 1.165) is 0 Å². The first-order valence-corrected chi connectivity index (χ1v) is 7.94. The maximum atomic E-state index is 12.5.